The Balaban J connectivity index is 3.03. The Morgan fingerprint density at radius 1 is 1.29 bits per heavy atom. The highest BCUT2D eigenvalue weighted by Gasteiger charge is 2.09. The van der Waals surface area contributed by atoms with Crippen molar-refractivity contribution in [2.45, 2.75) is 33.2 Å². The predicted molar refractivity (Wildman–Crippen MR) is 57.5 cm³/mol. The SMILES string of the molecule is CC(C)Cc1cc(F)ccc1C(C)N. The first-order valence-corrected chi connectivity index (χ1v) is 5.04. The Hall–Kier alpha value is -0.890. The Bertz CT molecular complexity index is 305. The van der Waals surface area contributed by atoms with Gasteiger partial charge < -0.3 is 5.73 Å². The van der Waals surface area contributed by atoms with Gasteiger partial charge in [-0.1, -0.05) is 19.9 Å². The molecule has 0 aliphatic heterocycles. The van der Waals surface area contributed by atoms with Crippen LogP contribution in [-0.2, 0) is 6.42 Å². The summed E-state index contributed by atoms with van der Waals surface area (Å²) in [5.41, 5.74) is 7.91. The maximum Gasteiger partial charge on any atom is 0.123 e. The minimum atomic E-state index is -0.176. The zero-order chi connectivity index (χ0) is 10.7. The predicted octanol–water partition coefficient (Wildman–Crippen LogP) is 3.04. The average Bonchev–Trinajstić information content (AvgIpc) is 2.01. The molecule has 1 nitrogen and oxygen atoms in total. The molecule has 1 unspecified atom stereocenters. The minimum absolute atomic E-state index is 0.0238. The van der Waals surface area contributed by atoms with E-state index in [1.54, 1.807) is 12.1 Å². The van der Waals surface area contributed by atoms with Crippen LogP contribution in [0.2, 0.25) is 0 Å². The molecule has 0 aromatic heterocycles. The molecule has 1 aromatic rings. The van der Waals surface area contributed by atoms with Crippen molar-refractivity contribution in [2.75, 3.05) is 0 Å². The second-order valence-corrected chi connectivity index (χ2v) is 4.23. The van der Waals surface area contributed by atoms with Gasteiger partial charge in [0.15, 0.2) is 0 Å². The van der Waals surface area contributed by atoms with Crippen LogP contribution in [0.15, 0.2) is 18.2 Å². The second-order valence-electron chi connectivity index (χ2n) is 4.23. The Morgan fingerprint density at radius 3 is 2.43 bits per heavy atom. The highest BCUT2D eigenvalue weighted by Crippen LogP contribution is 2.20. The Morgan fingerprint density at radius 2 is 1.93 bits per heavy atom. The molecular weight excluding hydrogens is 177 g/mol. The average molecular weight is 195 g/mol. The number of nitrogens with two attached hydrogens (primary N) is 1. The summed E-state index contributed by atoms with van der Waals surface area (Å²) in [6, 6.07) is 4.84. The lowest BCUT2D eigenvalue weighted by Crippen LogP contribution is -2.10. The van der Waals surface area contributed by atoms with Crippen molar-refractivity contribution in [3.05, 3.63) is 35.1 Å². The third kappa shape index (κ3) is 2.81. The monoisotopic (exact) mass is 195 g/mol. The van der Waals surface area contributed by atoms with Gasteiger partial charge in [0.25, 0.3) is 0 Å². The van der Waals surface area contributed by atoms with Gasteiger partial charge in [0, 0.05) is 6.04 Å². The van der Waals surface area contributed by atoms with Crippen LogP contribution in [0, 0.1) is 11.7 Å². The largest absolute Gasteiger partial charge is 0.324 e. The third-order valence-electron chi connectivity index (χ3n) is 2.22. The van der Waals surface area contributed by atoms with E-state index in [0.29, 0.717) is 5.92 Å². The summed E-state index contributed by atoms with van der Waals surface area (Å²) in [4.78, 5) is 0. The van der Waals surface area contributed by atoms with E-state index in [9.17, 15) is 4.39 Å². The molecule has 0 heterocycles. The molecule has 0 saturated carbocycles. The number of benzene rings is 1. The van der Waals surface area contributed by atoms with Gasteiger partial charge in [-0.3, -0.25) is 0 Å². The molecule has 0 fully saturated rings. The molecule has 1 rings (SSSR count). The van der Waals surface area contributed by atoms with Gasteiger partial charge in [-0.15, -0.1) is 0 Å². The number of halogens is 1. The van der Waals surface area contributed by atoms with Crippen molar-refractivity contribution in [1.29, 1.82) is 0 Å². The summed E-state index contributed by atoms with van der Waals surface area (Å²) in [6.07, 6.45) is 0.884. The molecule has 0 radical (unpaired) electrons. The minimum Gasteiger partial charge on any atom is -0.324 e. The van der Waals surface area contributed by atoms with E-state index >= 15 is 0 Å². The molecule has 14 heavy (non-hydrogen) atoms. The van der Waals surface area contributed by atoms with E-state index in [0.717, 1.165) is 17.5 Å². The first-order chi connectivity index (χ1) is 6.50. The smallest absolute Gasteiger partial charge is 0.123 e. The van der Waals surface area contributed by atoms with E-state index < -0.39 is 0 Å². The van der Waals surface area contributed by atoms with Crippen molar-refractivity contribution in [2.24, 2.45) is 11.7 Å². The van der Waals surface area contributed by atoms with Gasteiger partial charge in [-0.2, -0.15) is 0 Å². The molecule has 1 atom stereocenters. The molecule has 0 bridgehead atoms. The van der Waals surface area contributed by atoms with Crippen LogP contribution in [0.5, 0.6) is 0 Å². The van der Waals surface area contributed by atoms with Crippen LogP contribution in [0.3, 0.4) is 0 Å². The first kappa shape index (κ1) is 11.2. The lowest BCUT2D eigenvalue weighted by Gasteiger charge is -2.14. The lowest BCUT2D eigenvalue weighted by atomic mass is 9.95. The molecule has 0 saturated heterocycles. The van der Waals surface area contributed by atoms with Crippen molar-refractivity contribution in [1.82, 2.24) is 0 Å². The van der Waals surface area contributed by atoms with Crippen molar-refractivity contribution < 1.29 is 4.39 Å². The standard InChI is InChI=1S/C12H18FN/c1-8(2)6-10-7-11(13)4-5-12(10)9(3)14/h4-5,7-9H,6,14H2,1-3H3. The zero-order valence-corrected chi connectivity index (χ0v) is 9.05. The number of hydrogen-bond acceptors (Lipinski definition) is 1. The summed E-state index contributed by atoms with van der Waals surface area (Å²) in [7, 11) is 0. The van der Waals surface area contributed by atoms with E-state index in [-0.39, 0.29) is 11.9 Å². The fraction of sp³-hybridized carbons (Fsp3) is 0.500. The van der Waals surface area contributed by atoms with Crippen molar-refractivity contribution in [3.63, 3.8) is 0 Å². The fourth-order valence-corrected chi connectivity index (χ4v) is 1.64. The summed E-state index contributed by atoms with van der Waals surface area (Å²) in [5, 5.41) is 0. The fourth-order valence-electron chi connectivity index (χ4n) is 1.64. The van der Waals surface area contributed by atoms with E-state index in [1.165, 1.54) is 6.07 Å². The summed E-state index contributed by atoms with van der Waals surface area (Å²) in [5.74, 6) is 0.347. The molecule has 1 aromatic carbocycles. The van der Waals surface area contributed by atoms with Crippen molar-refractivity contribution >= 4 is 0 Å². The summed E-state index contributed by atoms with van der Waals surface area (Å²) in [6.45, 7) is 6.17. The normalized spacial score (nSPS) is 13.3. The van der Waals surface area contributed by atoms with Gasteiger partial charge in [0.05, 0.1) is 0 Å². The van der Waals surface area contributed by atoms with Crippen LogP contribution < -0.4 is 5.73 Å². The molecule has 0 aliphatic carbocycles. The Labute approximate surface area is 85.1 Å². The molecule has 2 heteroatoms. The van der Waals surface area contributed by atoms with Crippen LogP contribution >= 0.6 is 0 Å². The van der Waals surface area contributed by atoms with E-state index in [2.05, 4.69) is 13.8 Å². The van der Waals surface area contributed by atoms with Crippen molar-refractivity contribution in [3.8, 4) is 0 Å². The molecule has 78 valence electrons. The highest BCUT2D eigenvalue weighted by atomic mass is 19.1. The van der Waals surface area contributed by atoms with Crippen LogP contribution in [0.25, 0.3) is 0 Å². The summed E-state index contributed by atoms with van der Waals surface area (Å²) >= 11 is 0. The van der Waals surface area contributed by atoms with Crippen LogP contribution in [-0.4, -0.2) is 0 Å². The molecular formula is C12H18FN. The number of hydrogen-bond donors (Lipinski definition) is 1. The van der Waals surface area contributed by atoms with E-state index in [1.807, 2.05) is 6.92 Å². The number of rotatable bonds is 3. The molecule has 0 amide bonds. The van der Waals surface area contributed by atoms with Crippen LogP contribution in [0.4, 0.5) is 4.39 Å². The van der Waals surface area contributed by atoms with Gasteiger partial charge in [-0.25, -0.2) is 4.39 Å². The van der Waals surface area contributed by atoms with E-state index in [4.69, 9.17) is 5.73 Å². The lowest BCUT2D eigenvalue weighted by molar-refractivity contribution is 0.605. The van der Waals surface area contributed by atoms with Gasteiger partial charge in [-0.05, 0) is 42.5 Å². The zero-order valence-electron chi connectivity index (χ0n) is 9.05. The quantitative estimate of drug-likeness (QED) is 0.788. The molecule has 2 N–H and O–H groups in total. The molecule has 0 aliphatic rings. The Kier molecular flexibility index (Phi) is 3.64. The van der Waals surface area contributed by atoms with Gasteiger partial charge >= 0.3 is 0 Å². The van der Waals surface area contributed by atoms with Gasteiger partial charge in [0.2, 0.25) is 0 Å². The maximum absolute atomic E-state index is 13.0. The topological polar surface area (TPSA) is 26.0 Å². The molecule has 0 spiro atoms. The van der Waals surface area contributed by atoms with Crippen LogP contribution in [0.1, 0.15) is 37.9 Å². The second kappa shape index (κ2) is 4.56. The maximum atomic E-state index is 13.0. The third-order valence-corrected chi connectivity index (χ3v) is 2.22. The van der Waals surface area contributed by atoms with Gasteiger partial charge in [0.1, 0.15) is 5.82 Å². The first-order valence-electron chi connectivity index (χ1n) is 5.04. The summed E-state index contributed by atoms with van der Waals surface area (Å²) < 4.78 is 13.0. The highest BCUT2D eigenvalue weighted by molar-refractivity contribution is 5.30.